The molecule has 2 saturated heterocycles. The zero-order valence-corrected chi connectivity index (χ0v) is 16.1. The topological polar surface area (TPSA) is 100 Å². The number of methoxy groups -OCH3 is 1. The average molecular weight is 394 g/mol. The number of rotatable bonds is 4. The molecule has 2 bridgehead atoms. The third-order valence-electron chi connectivity index (χ3n) is 6.81. The Morgan fingerprint density at radius 1 is 1.37 bits per heavy atom. The summed E-state index contributed by atoms with van der Waals surface area (Å²) in [6.45, 7) is 0.941. The van der Waals surface area contributed by atoms with E-state index < -0.39 is 7.82 Å². The lowest BCUT2D eigenvalue weighted by atomic mass is 9.49. The van der Waals surface area contributed by atoms with Crippen LogP contribution in [0.4, 0.5) is 0 Å². The van der Waals surface area contributed by atoms with Crippen molar-refractivity contribution in [3.63, 3.8) is 0 Å². The van der Waals surface area contributed by atoms with Crippen molar-refractivity contribution in [3.05, 3.63) is 47.3 Å². The van der Waals surface area contributed by atoms with Gasteiger partial charge in [0.15, 0.2) is 11.5 Å². The van der Waals surface area contributed by atoms with Crippen molar-refractivity contribution >= 4 is 7.82 Å². The van der Waals surface area contributed by atoms with E-state index in [1.807, 2.05) is 12.2 Å². The zero-order chi connectivity index (χ0) is 19.0. The van der Waals surface area contributed by atoms with Crippen LogP contribution in [-0.4, -0.2) is 41.4 Å². The van der Waals surface area contributed by atoms with Crippen LogP contribution < -0.4 is 5.48 Å². The van der Waals surface area contributed by atoms with Crippen LogP contribution in [0.25, 0.3) is 0 Å². The molecule has 2 aliphatic heterocycles. The molecular weight excluding hydrogens is 371 g/mol. The summed E-state index contributed by atoms with van der Waals surface area (Å²) in [5.74, 6) is 3.04. The molecule has 3 aliphatic carbocycles. The highest BCUT2D eigenvalue weighted by atomic mass is 31.2. The first-order valence-electron chi connectivity index (χ1n) is 9.12. The van der Waals surface area contributed by atoms with E-state index in [0.717, 1.165) is 30.9 Å². The number of phosphoric acid groups is 1. The van der Waals surface area contributed by atoms with E-state index in [-0.39, 0.29) is 17.3 Å². The third kappa shape index (κ3) is 2.34. The maximum absolute atomic E-state index is 11.2. The normalized spacial score (nSPS) is 39.4. The first kappa shape index (κ1) is 17.5. The maximum Gasteiger partial charge on any atom is 0.491 e. The summed E-state index contributed by atoms with van der Waals surface area (Å²) in [4.78, 5) is 20.6. The summed E-state index contributed by atoms with van der Waals surface area (Å²) in [6.07, 6.45) is 10.1. The molecule has 27 heavy (non-hydrogen) atoms. The molecular formula is C18H23N2O6P. The Bertz CT molecular complexity index is 858. The molecule has 0 amide bonds. The Labute approximate surface area is 157 Å². The maximum atomic E-state index is 11.2. The summed E-state index contributed by atoms with van der Waals surface area (Å²) < 4.78 is 27.7. The molecule has 5 atom stereocenters. The van der Waals surface area contributed by atoms with Crippen LogP contribution in [0.15, 0.2) is 47.3 Å². The van der Waals surface area contributed by atoms with Crippen molar-refractivity contribution < 1.29 is 28.5 Å². The van der Waals surface area contributed by atoms with E-state index in [2.05, 4.69) is 34.2 Å². The van der Waals surface area contributed by atoms with Gasteiger partial charge in [-0.05, 0) is 44.5 Å². The van der Waals surface area contributed by atoms with E-state index in [0.29, 0.717) is 23.4 Å². The summed E-state index contributed by atoms with van der Waals surface area (Å²) in [6, 6.07) is 0.396. The fourth-order valence-corrected chi connectivity index (χ4v) is 6.04. The minimum Gasteiger partial charge on any atom is -0.493 e. The van der Waals surface area contributed by atoms with Crippen molar-refractivity contribution in [2.24, 2.45) is 23.2 Å². The standard InChI is InChI=1S/C18H23N2O6P/c1-20-8-7-18-11-4-5-12(19-26-27(21,22)23)17(18)25-16-14(24-2)6-3-10(15(16)18)9-13(11)20/h3-6,10-11,13,15,19H,7-9H2,1-2H3,(H2,21,22,23)/t10?,11-,13+,15?,18-/m0/s1. The monoisotopic (exact) mass is 394 g/mol. The van der Waals surface area contributed by atoms with Crippen LogP contribution in [0, 0.1) is 23.2 Å². The predicted molar refractivity (Wildman–Crippen MR) is 95.2 cm³/mol. The van der Waals surface area contributed by atoms with Gasteiger partial charge in [0.1, 0.15) is 5.76 Å². The number of piperidine rings is 1. The minimum atomic E-state index is -4.66. The number of nitrogens with one attached hydrogen (secondary N) is 1. The second-order valence-electron chi connectivity index (χ2n) is 7.92. The summed E-state index contributed by atoms with van der Waals surface area (Å²) in [5.41, 5.74) is 2.67. The van der Waals surface area contributed by atoms with Crippen molar-refractivity contribution in [2.45, 2.75) is 18.9 Å². The van der Waals surface area contributed by atoms with Crippen molar-refractivity contribution in [1.82, 2.24) is 10.4 Å². The van der Waals surface area contributed by atoms with Crippen molar-refractivity contribution in [3.8, 4) is 0 Å². The molecule has 3 N–H and O–H groups in total. The van der Waals surface area contributed by atoms with Gasteiger partial charge in [-0.3, -0.25) is 5.48 Å². The van der Waals surface area contributed by atoms with E-state index in [1.165, 1.54) is 0 Å². The minimum absolute atomic E-state index is 0.166. The largest absolute Gasteiger partial charge is 0.493 e. The second kappa shape index (κ2) is 5.72. The molecule has 1 spiro atoms. The first-order valence-corrected chi connectivity index (χ1v) is 10.7. The van der Waals surface area contributed by atoms with Gasteiger partial charge in [-0.1, -0.05) is 12.2 Å². The molecule has 5 aliphatic rings. The van der Waals surface area contributed by atoms with Crippen LogP contribution in [0.2, 0.25) is 0 Å². The van der Waals surface area contributed by atoms with E-state index >= 15 is 0 Å². The lowest BCUT2D eigenvalue weighted by Gasteiger charge is -2.58. The van der Waals surface area contributed by atoms with Crippen LogP contribution in [0.5, 0.6) is 0 Å². The number of hydroxylamine groups is 1. The van der Waals surface area contributed by atoms with Gasteiger partial charge in [-0.15, -0.1) is 0 Å². The highest BCUT2D eigenvalue weighted by Crippen LogP contribution is 2.68. The predicted octanol–water partition coefficient (Wildman–Crippen LogP) is 1.78. The quantitative estimate of drug-likeness (QED) is 0.490. The van der Waals surface area contributed by atoms with Crippen LogP contribution >= 0.6 is 7.82 Å². The lowest BCUT2D eigenvalue weighted by Crippen LogP contribution is -2.60. The summed E-state index contributed by atoms with van der Waals surface area (Å²) in [5, 5.41) is 0. The Morgan fingerprint density at radius 2 is 2.19 bits per heavy atom. The van der Waals surface area contributed by atoms with Gasteiger partial charge in [0.25, 0.3) is 0 Å². The van der Waals surface area contributed by atoms with Gasteiger partial charge >= 0.3 is 7.82 Å². The molecule has 146 valence electrons. The summed E-state index contributed by atoms with van der Waals surface area (Å²) >= 11 is 0. The van der Waals surface area contributed by atoms with Gasteiger partial charge in [0.2, 0.25) is 0 Å². The van der Waals surface area contributed by atoms with Crippen LogP contribution in [0.1, 0.15) is 12.8 Å². The second-order valence-corrected chi connectivity index (χ2v) is 9.08. The molecule has 0 aromatic rings. The third-order valence-corrected chi connectivity index (χ3v) is 7.14. The molecule has 2 unspecified atom stereocenters. The number of hydrogen-bond donors (Lipinski definition) is 3. The fourth-order valence-electron chi connectivity index (χ4n) is 5.83. The number of ether oxygens (including phenoxy) is 2. The SMILES string of the molecule is COC1=C2OC3=C(NOP(=O)(O)O)C=C[C@H]4[C@H]5CC(C=C1)C2[C@@]34CCN5C. The van der Waals surface area contributed by atoms with Gasteiger partial charge in [0.05, 0.1) is 18.2 Å². The Kier molecular flexibility index (Phi) is 3.71. The van der Waals surface area contributed by atoms with Gasteiger partial charge in [0, 0.05) is 17.9 Å². The zero-order valence-electron chi connectivity index (χ0n) is 15.2. The molecule has 3 fully saturated rings. The van der Waals surface area contributed by atoms with Gasteiger partial charge < -0.3 is 24.2 Å². The number of nitrogens with zero attached hydrogens (tertiary/aromatic N) is 1. The van der Waals surface area contributed by atoms with E-state index in [4.69, 9.17) is 19.3 Å². The molecule has 0 aromatic heterocycles. The Balaban J connectivity index is 1.66. The summed E-state index contributed by atoms with van der Waals surface area (Å²) in [7, 11) is -0.861. The van der Waals surface area contributed by atoms with Gasteiger partial charge in [-0.25, -0.2) is 4.57 Å². The molecule has 5 rings (SSSR count). The number of likely N-dealkylation sites (tertiary alicyclic amines) is 1. The first-order chi connectivity index (χ1) is 12.8. The van der Waals surface area contributed by atoms with Gasteiger partial charge in [-0.2, -0.15) is 4.62 Å². The smallest absolute Gasteiger partial charge is 0.491 e. The Hall–Kier alpha value is -1.57. The molecule has 9 heteroatoms. The Morgan fingerprint density at radius 3 is 2.93 bits per heavy atom. The molecule has 8 nitrogen and oxygen atoms in total. The molecule has 1 saturated carbocycles. The van der Waals surface area contributed by atoms with Crippen LogP contribution in [-0.2, 0) is 18.7 Å². The highest BCUT2D eigenvalue weighted by Gasteiger charge is 2.67. The fraction of sp³-hybridized carbons (Fsp3) is 0.556. The van der Waals surface area contributed by atoms with Crippen molar-refractivity contribution in [1.29, 1.82) is 0 Å². The molecule has 0 aromatic carbocycles. The lowest BCUT2D eigenvalue weighted by molar-refractivity contribution is -0.0449. The van der Waals surface area contributed by atoms with E-state index in [9.17, 15) is 4.57 Å². The van der Waals surface area contributed by atoms with Crippen LogP contribution in [0.3, 0.4) is 0 Å². The highest BCUT2D eigenvalue weighted by molar-refractivity contribution is 7.46. The number of allylic oxidation sites excluding steroid dienone is 5. The molecule has 0 radical (unpaired) electrons. The van der Waals surface area contributed by atoms with Crippen molar-refractivity contribution in [2.75, 3.05) is 20.7 Å². The molecule has 2 heterocycles. The average Bonchev–Trinajstić information content (AvgIpc) is 2.97. The number of hydrogen-bond acceptors (Lipinski definition) is 6. The van der Waals surface area contributed by atoms with E-state index in [1.54, 1.807) is 7.11 Å².